The minimum atomic E-state index is -0.499. The zero-order chi connectivity index (χ0) is 15.5. The van der Waals surface area contributed by atoms with Crippen LogP contribution in [0.15, 0.2) is 0 Å². The second-order valence-corrected chi connectivity index (χ2v) is 6.01. The Bertz CT molecular complexity index is 506. The summed E-state index contributed by atoms with van der Waals surface area (Å²) >= 11 is 5.84. The van der Waals surface area contributed by atoms with E-state index in [2.05, 4.69) is 10.3 Å². The van der Waals surface area contributed by atoms with Crippen LogP contribution in [-0.4, -0.2) is 33.6 Å². The van der Waals surface area contributed by atoms with E-state index in [1.165, 1.54) is 0 Å². The molecule has 0 aliphatic carbocycles. The monoisotopic (exact) mass is 301 g/mol. The van der Waals surface area contributed by atoms with E-state index in [0.29, 0.717) is 18.7 Å². The van der Waals surface area contributed by atoms with Gasteiger partial charge in [0, 0.05) is 5.54 Å². The molecule has 0 bridgehead atoms. The van der Waals surface area contributed by atoms with Crippen LogP contribution in [0.1, 0.15) is 44.0 Å². The lowest BCUT2D eigenvalue weighted by atomic mass is 10.1. The summed E-state index contributed by atoms with van der Waals surface area (Å²) in [6.45, 7) is 9.39. The molecule has 6 nitrogen and oxygen atoms in total. The van der Waals surface area contributed by atoms with Crippen molar-refractivity contribution in [1.82, 2.24) is 14.9 Å². The van der Waals surface area contributed by atoms with Crippen molar-refractivity contribution in [3.63, 3.8) is 0 Å². The molecule has 0 radical (unpaired) electrons. The van der Waals surface area contributed by atoms with Crippen LogP contribution in [0.5, 0.6) is 0 Å². The van der Waals surface area contributed by atoms with E-state index in [0.717, 1.165) is 0 Å². The zero-order valence-electron chi connectivity index (χ0n) is 12.4. The van der Waals surface area contributed by atoms with E-state index >= 15 is 0 Å². The first-order valence-electron chi connectivity index (χ1n) is 6.30. The standard InChI is InChI=1S/C13H20ClN3O3/c1-8(20-12(19)16-13(3,4)5)6-17-9(2)15-11(14)10(17)7-18/h7-8H,6H2,1-5H3,(H,16,19). The van der Waals surface area contributed by atoms with E-state index in [-0.39, 0.29) is 16.4 Å². The number of imidazole rings is 1. The molecule has 1 heterocycles. The summed E-state index contributed by atoms with van der Waals surface area (Å²) in [4.78, 5) is 26.7. The number of ether oxygens (including phenoxy) is 1. The van der Waals surface area contributed by atoms with Crippen molar-refractivity contribution in [1.29, 1.82) is 0 Å². The van der Waals surface area contributed by atoms with Crippen LogP contribution < -0.4 is 5.32 Å². The fourth-order valence-electron chi connectivity index (χ4n) is 1.70. The van der Waals surface area contributed by atoms with Crippen molar-refractivity contribution >= 4 is 24.0 Å². The maximum atomic E-state index is 11.7. The highest BCUT2D eigenvalue weighted by molar-refractivity contribution is 6.31. The summed E-state index contributed by atoms with van der Waals surface area (Å²) in [7, 11) is 0. The molecule has 112 valence electrons. The molecule has 0 spiro atoms. The Morgan fingerprint density at radius 1 is 1.55 bits per heavy atom. The van der Waals surface area contributed by atoms with Gasteiger partial charge in [0.2, 0.25) is 0 Å². The Balaban J connectivity index is 2.70. The Kier molecular flexibility index (Phi) is 5.16. The predicted molar refractivity (Wildman–Crippen MR) is 76.2 cm³/mol. The Labute approximate surface area is 123 Å². The second kappa shape index (κ2) is 6.26. The summed E-state index contributed by atoms with van der Waals surface area (Å²) in [5, 5.41) is 2.86. The third-order valence-electron chi connectivity index (χ3n) is 2.49. The molecule has 1 aromatic heterocycles. The number of aryl methyl sites for hydroxylation is 1. The van der Waals surface area contributed by atoms with Crippen LogP contribution in [0, 0.1) is 6.92 Å². The number of carbonyl (C=O) groups excluding carboxylic acids is 2. The lowest BCUT2D eigenvalue weighted by Gasteiger charge is -2.22. The number of halogens is 1. The maximum absolute atomic E-state index is 11.7. The molecule has 1 aromatic rings. The molecule has 0 saturated heterocycles. The number of hydrogen-bond acceptors (Lipinski definition) is 4. The lowest BCUT2D eigenvalue weighted by Crippen LogP contribution is -2.42. The van der Waals surface area contributed by atoms with Crippen LogP contribution in [0.25, 0.3) is 0 Å². The first-order valence-corrected chi connectivity index (χ1v) is 6.68. The average molecular weight is 302 g/mol. The third-order valence-corrected chi connectivity index (χ3v) is 2.77. The maximum Gasteiger partial charge on any atom is 0.407 e. The molecule has 0 aliphatic heterocycles. The van der Waals surface area contributed by atoms with Gasteiger partial charge in [0.15, 0.2) is 11.4 Å². The highest BCUT2D eigenvalue weighted by Crippen LogP contribution is 2.16. The van der Waals surface area contributed by atoms with E-state index in [1.807, 2.05) is 20.8 Å². The normalized spacial score (nSPS) is 12.9. The highest BCUT2D eigenvalue weighted by atomic mass is 35.5. The first kappa shape index (κ1) is 16.5. The van der Waals surface area contributed by atoms with Gasteiger partial charge in [0.1, 0.15) is 17.6 Å². The molecule has 1 rings (SSSR count). The molecular formula is C13H20ClN3O3. The van der Waals surface area contributed by atoms with Crippen molar-refractivity contribution in [3.05, 3.63) is 16.7 Å². The number of alkyl carbamates (subject to hydrolysis) is 1. The number of nitrogens with zero attached hydrogens (tertiary/aromatic N) is 2. The Morgan fingerprint density at radius 2 is 2.15 bits per heavy atom. The fourth-order valence-corrected chi connectivity index (χ4v) is 1.97. The lowest BCUT2D eigenvalue weighted by molar-refractivity contribution is 0.0901. The van der Waals surface area contributed by atoms with E-state index in [4.69, 9.17) is 16.3 Å². The van der Waals surface area contributed by atoms with Crippen molar-refractivity contribution in [2.24, 2.45) is 0 Å². The predicted octanol–water partition coefficient (Wildman–Crippen LogP) is 2.57. The smallest absolute Gasteiger partial charge is 0.407 e. The van der Waals surface area contributed by atoms with E-state index in [1.54, 1.807) is 18.4 Å². The number of nitrogens with one attached hydrogen (secondary N) is 1. The van der Waals surface area contributed by atoms with Gasteiger partial charge in [-0.1, -0.05) is 11.6 Å². The van der Waals surface area contributed by atoms with E-state index < -0.39 is 12.2 Å². The highest BCUT2D eigenvalue weighted by Gasteiger charge is 2.19. The van der Waals surface area contributed by atoms with Gasteiger partial charge in [-0.25, -0.2) is 9.78 Å². The number of hydrogen-bond donors (Lipinski definition) is 1. The molecule has 1 atom stereocenters. The molecule has 1 N–H and O–H groups in total. The van der Waals surface area contributed by atoms with Crippen LogP contribution in [-0.2, 0) is 11.3 Å². The minimum Gasteiger partial charge on any atom is -0.445 e. The van der Waals surface area contributed by atoms with Crippen molar-refractivity contribution in [2.75, 3.05) is 0 Å². The number of amides is 1. The quantitative estimate of drug-likeness (QED) is 0.868. The van der Waals surface area contributed by atoms with Crippen molar-refractivity contribution in [2.45, 2.75) is 52.8 Å². The summed E-state index contributed by atoms with van der Waals surface area (Å²) in [6, 6.07) is 0. The number of rotatable bonds is 4. The van der Waals surface area contributed by atoms with Crippen LogP contribution in [0.4, 0.5) is 4.79 Å². The molecule has 7 heteroatoms. The van der Waals surface area contributed by atoms with Crippen LogP contribution >= 0.6 is 11.6 Å². The van der Waals surface area contributed by atoms with Crippen molar-refractivity contribution in [3.8, 4) is 0 Å². The summed E-state index contributed by atoms with van der Waals surface area (Å²) in [5.41, 5.74) is -0.0743. The first-order chi connectivity index (χ1) is 9.14. The molecule has 0 saturated carbocycles. The van der Waals surface area contributed by atoms with Crippen LogP contribution in [0.2, 0.25) is 5.15 Å². The molecule has 1 amide bonds. The number of aromatic nitrogens is 2. The van der Waals surface area contributed by atoms with Gasteiger partial charge in [-0.05, 0) is 34.6 Å². The van der Waals surface area contributed by atoms with Gasteiger partial charge in [-0.15, -0.1) is 0 Å². The van der Waals surface area contributed by atoms with Gasteiger partial charge in [0.05, 0.1) is 6.54 Å². The molecule has 0 fully saturated rings. The van der Waals surface area contributed by atoms with Crippen molar-refractivity contribution < 1.29 is 14.3 Å². The van der Waals surface area contributed by atoms with Gasteiger partial charge >= 0.3 is 6.09 Å². The van der Waals surface area contributed by atoms with Gasteiger partial charge in [-0.3, -0.25) is 4.79 Å². The Morgan fingerprint density at radius 3 is 2.65 bits per heavy atom. The third kappa shape index (κ3) is 4.52. The average Bonchev–Trinajstić information content (AvgIpc) is 2.50. The second-order valence-electron chi connectivity index (χ2n) is 5.65. The molecule has 0 aromatic carbocycles. The zero-order valence-corrected chi connectivity index (χ0v) is 13.1. The number of aldehydes is 1. The largest absolute Gasteiger partial charge is 0.445 e. The summed E-state index contributed by atoms with van der Waals surface area (Å²) < 4.78 is 6.87. The molecule has 20 heavy (non-hydrogen) atoms. The topological polar surface area (TPSA) is 73.2 Å². The fraction of sp³-hybridized carbons (Fsp3) is 0.615. The molecular weight excluding hydrogens is 282 g/mol. The number of carbonyl (C=O) groups is 2. The van der Waals surface area contributed by atoms with Gasteiger partial charge in [0.25, 0.3) is 0 Å². The summed E-state index contributed by atoms with van der Waals surface area (Å²) in [6.07, 6.45) is -0.272. The minimum absolute atomic E-state index is 0.156. The summed E-state index contributed by atoms with van der Waals surface area (Å²) in [5.74, 6) is 0.601. The SMILES string of the molecule is Cc1nc(Cl)c(C=O)n1CC(C)OC(=O)NC(C)(C)C. The van der Waals surface area contributed by atoms with Gasteiger partial charge in [-0.2, -0.15) is 0 Å². The molecule has 0 aliphatic rings. The van der Waals surface area contributed by atoms with Crippen LogP contribution in [0.3, 0.4) is 0 Å². The van der Waals surface area contributed by atoms with E-state index in [9.17, 15) is 9.59 Å². The van der Waals surface area contributed by atoms with Gasteiger partial charge < -0.3 is 14.6 Å². The Hall–Kier alpha value is -1.56. The molecule has 1 unspecified atom stereocenters.